The van der Waals surface area contributed by atoms with Gasteiger partial charge in [-0.1, -0.05) is 18.2 Å². The van der Waals surface area contributed by atoms with Crippen LogP contribution in [-0.2, 0) is 6.42 Å². The van der Waals surface area contributed by atoms with E-state index in [-0.39, 0.29) is 6.04 Å². The molecule has 0 saturated heterocycles. The Balaban J connectivity index is 2.23. The first-order valence-electron chi connectivity index (χ1n) is 5.35. The van der Waals surface area contributed by atoms with E-state index in [0.29, 0.717) is 0 Å². The van der Waals surface area contributed by atoms with Crippen molar-refractivity contribution in [2.45, 2.75) is 25.8 Å². The average molecular weight is 200 g/mol. The lowest BCUT2D eigenvalue weighted by Crippen LogP contribution is -2.15. The number of pyridine rings is 1. The summed E-state index contributed by atoms with van der Waals surface area (Å²) < 4.78 is 0. The SMILES string of the molecule is C[C@@H](N)CCc1ccc2cccnc2c1. The predicted molar refractivity (Wildman–Crippen MR) is 63.7 cm³/mol. The number of nitrogens with two attached hydrogens (primary N) is 1. The second kappa shape index (κ2) is 4.41. The molecule has 2 N–H and O–H groups in total. The Hall–Kier alpha value is -1.41. The highest BCUT2D eigenvalue weighted by atomic mass is 14.6. The van der Waals surface area contributed by atoms with E-state index < -0.39 is 0 Å². The van der Waals surface area contributed by atoms with Crippen molar-refractivity contribution in [1.29, 1.82) is 0 Å². The predicted octanol–water partition coefficient (Wildman–Crippen LogP) is 2.51. The van der Waals surface area contributed by atoms with Crippen LogP contribution >= 0.6 is 0 Å². The maximum Gasteiger partial charge on any atom is 0.0704 e. The summed E-state index contributed by atoms with van der Waals surface area (Å²) >= 11 is 0. The molecule has 0 radical (unpaired) electrons. The minimum Gasteiger partial charge on any atom is -0.328 e. The molecule has 0 aliphatic rings. The lowest BCUT2D eigenvalue weighted by atomic mass is 10.0. The van der Waals surface area contributed by atoms with E-state index in [1.165, 1.54) is 10.9 Å². The van der Waals surface area contributed by atoms with Gasteiger partial charge in [-0.05, 0) is 37.5 Å². The van der Waals surface area contributed by atoms with Crippen molar-refractivity contribution in [3.63, 3.8) is 0 Å². The van der Waals surface area contributed by atoms with Crippen LogP contribution in [0.2, 0.25) is 0 Å². The average Bonchev–Trinajstić information content (AvgIpc) is 2.26. The number of benzene rings is 1. The molecule has 2 aromatic rings. The molecular formula is C13H16N2. The van der Waals surface area contributed by atoms with Crippen LogP contribution in [0.3, 0.4) is 0 Å². The van der Waals surface area contributed by atoms with Crippen molar-refractivity contribution in [3.05, 3.63) is 42.1 Å². The van der Waals surface area contributed by atoms with E-state index in [0.717, 1.165) is 18.4 Å². The lowest BCUT2D eigenvalue weighted by Gasteiger charge is -2.05. The maximum atomic E-state index is 5.74. The van der Waals surface area contributed by atoms with Gasteiger partial charge in [0.2, 0.25) is 0 Å². The van der Waals surface area contributed by atoms with E-state index in [1.807, 2.05) is 19.2 Å². The van der Waals surface area contributed by atoms with Gasteiger partial charge in [-0.25, -0.2) is 0 Å². The molecule has 0 unspecified atom stereocenters. The van der Waals surface area contributed by atoms with Gasteiger partial charge in [0, 0.05) is 17.6 Å². The summed E-state index contributed by atoms with van der Waals surface area (Å²) in [6.45, 7) is 2.04. The third-order valence-electron chi connectivity index (χ3n) is 2.56. The van der Waals surface area contributed by atoms with Crippen LogP contribution in [0.5, 0.6) is 0 Å². The zero-order valence-corrected chi connectivity index (χ0v) is 8.98. The van der Waals surface area contributed by atoms with Gasteiger partial charge in [-0.3, -0.25) is 4.98 Å². The van der Waals surface area contributed by atoms with Crippen LogP contribution in [-0.4, -0.2) is 11.0 Å². The summed E-state index contributed by atoms with van der Waals surface area (Å²) in [5.41, 5.74) is 8.12. The largest absolute Gasteiger partial charge is 0.328 e. The summed E-state index contributed by atoms with van der Waals surface area (Å²) in [7, 11) is 0. The van der Waals surface area contributed by atoms with Gasteiger partial charge >= 0.3 is 0 Å². The number of hydrogen-bond acceptors (Lipinski definition) is 2. The van der Waals surface area contributed by atoms with Crippen LogP contribution in [0.1, 0.15) is 18.9 Å². The molecule has 1 atom stereocenters. The second-order valence-electron chi connectivity index (χ2n) is 4.05. The van der Waals surface area contributed by atoms with Crippen molar-refractivity contribution < 1.29 is 0 Å². The Morgan fingerprint density at radius 2 is 2.20 bits per heavy atom. The standard InChI is InChI=1S/C13H16N2/c1-10(14)4-5-11-6-7-12-3-2-8-15-13(12)9-11/h2-3,6-10H,4-5,14H2,1H3/t10-/m1/s1. The highest BCUT2D eigenvalue weighted by Crippen LogP contribution is 2.14. The van der Waals surface area contributed by atoms with Gasteiger partial charge in [0.1, 0.15) is 0 Å². The zero-order chi connectivity index (χ0) is 10.7. The fraction of sp³-hybridized carbons (Fsp3) is 0.308. The number of nitrogens with zero attached hydrogens (tertiary/aromatic N) is 1. The third-order valence-corrected chi connectivity index (χ3v) is 2.56. The summed E-state index contributed by atoms with van der Waals surface area (Å²) in [5.74, 6) is 0. The van der Waals surface area contributed by atoms with Crippen LogP contribution in [0.25, 0.3) is 10.9 Å². The molecule has 1 aromatic carbocycles. The molecule has 2 heteroatoms. The summed E-state index contributed by atoms with van der Waals surface area (Å²) in [4.78, 5) is 4.34. The quantitative estimate of drug-likeness (QED) is 0.826. The molecule has 0 fully saturated rings. The van der Waals surface area contributed by atoms with Crippen molar-refractivity contribution in [3.8, 4) is 0 Å². The van der Waals surface area contributed by atoms with Crippen molar-refractivity contribution in [2.24, 2.45) is 5.73 Å². The molecule has 1 aromatic heterocycles. The minimum atomic E-state index is 0.268. The zero-order valence-electron chi connectivity index (χ0n) is 8.98. The first kappa shape index (κ1) is 10.1. The molecule has 0 bridgehead atoms. The van der Waals surface area contributed by atoms with Gasteiger partial charge in [-0.15, -0.1) is 0 Å². The summed E-state index contributed by atoms with van der Waals surface area (Å²) in [6.07, 6.45) is 3.89. The Bertz CT molecular complexity index is 449. The Morgan fingerprint density at radius 1 is 1.33 bits per heavy atom. The van der Waals surface area contributed by atoms with E-state index in [1.54, 1.807) is 0 Å². The lowest BCUT2D eigenvalue weighted by molar-refractivity contribution is 0.666. The highest BCUT2D eigenvalue weighted by molar-refractivity contribution is 5.78. The van der Waals surface area contributed by atoms with Gasteiger partial charge in [-0.2, -0.15) is 0 Å². The topological polar surface area (TPSA) is 38.9 Å². The summed E-state index contributed by atoms with van der Waals surface area (Å²) in [6, 6.07) is 10.7. The third kappa shape index (κ3) is 2.54. The molecule has 78 valence electrons. The molecule has 0 saturated carbocycles. The Labute approximate surface area is 90.1 Å². The van der Waals surface area contributed by atoms with Crippen molar-refractivity contribution in [1.82, 2.24) is 4.98 Å². The van der Waals surface area contributed by atoms with Gasteiger partial charge in [0.15, 0.2) is 0 Å². The molecule has 0 spiro atoms. The first-order chi connectivity index (χ1) is 7.25. The number of aromatic nitrogens is 1. The summed E-state index contributed by atoms with van der Waals surface area (Å²) in [5, 5.41) is 1.20. The Kier molecular flexibility index (Phi) is 2.97. The van der Waals surface area contributed by atoms with Gasteiger partial charge < -0.3 is 5.73 Å². The normalized spacial score (nSPS) is 12.9. The van der Waals surface area contributed by atoms with E-state index in [2.05, 4.69) is 29.2 Å². The number of aryl methyl sites for hydroxylation is 1. The number of rotatable bonds is 3. The monoisotopic (exact) mass is 200 g/mol. The molecule has 0 aliphatic heterocycles. The molecule has 2 rings (SSSR count). The maximum absolute atomic E-state index is 5.74. The van der Waals surface area contributed by atoms with Gasteiger partial charge in [0.05, 0.1) is 5.52 Å². The van der Waals surface area contributed by atoms with Crippen LogP contribution in [0.4, 0.5) is 0 Å². The first-order valence-corrected chi connectivity index (χ1v) is 5.35. The van der Waals surface area contributed by atoms with Crippen LogP contribution < -0.4 is 5.73 Å². The molecule has 0 amide bonds. The molecule has 0 aliphatic carbocycles. The fourth-order valence-electron chi connectivity index (χ4n) is 1.66. The van der Waals surface area contributed by atoms with E-state index in [4.69, 9.17) is 5.73 Å². The number of fused-ring (bicyclic) bond motifs is 1. The van der Waals surface area contributed by atoms with Crippen LogP contribution in [0.15, 0.2) is 36.5 Å². The number of hydrogen-bond donors (Lipinski definition) is 1. The van der Waals surface area contributed by atoms with Crippen molar-refractivity contribution in [2.75, 3.05) is 0 Å². The van der Waals surface area contributed by atoms with Crippen LogP contribution in [0, 0.1) is 0 Å². The minimum absolute atomic E-state index is 0.268. The fourth-order valence-corrected chi connectivity index (χ4v) is 1.66. The Morgan fingerprint density at radius 3 is 3.00 bits per heavy atom. The molecular weight excluding hydrogens is 184 g/mol. The van der Waals surface area contributed by atoms with Crippen molar-refractivity contribution >= 4 is 10.9 Å². The highest BCUT2D eigenvalue weighted by Gasteiger charge is 1.99. The second-order valence-corrected chi connectivity index (χ2v) is 4.05. The molecule has 2 nitrogen and oxygen atoms in total. The molecule has 1 heterocycles. The van der Waals surface area contributed by atoms with Gasteiger partial charge in [0.25, 0.3) is 0 Å². The molecule has 15 heavy (non-hydrogen) atoms. The smallest absolute Gasteiger partial charge is 0.0704 e. The van der Waals surface area contributed by atoms with E-state index in [9.17, 15) is 0 Å². The van der Waals surface area contributed by atoms with E-state index >= 15 is 0 Å².